The molecule has 1 unspecified atom stereocenters. The predicted molar refractivity (Wildman–Crippen MR) is 118 cm³/mol. The van der Waals surface area contributed by atoms with Crippen LogP contribution in [0.1, 0.15) is 48.4 Å². The van der Waals surface area contributed by atoms with Gasteiger partial charge < -0.3 is 5.32 Å². The van der Waals surface area contributed by atoms with Crippen molar-refractivity contribution in [2.75, 3.05) is 5.75 Å². The van der Waals surface area contributed by atoms with Gasteiger partial charge in [0.25, 0.3) is 0 Å². The second-order valence-electron chi connectivity index (χ2n) is 7.02. The van der Waals surface area contributed by atoms with Crippen molar-refractivity contribution in [3.05, 3.63) is 95.3 Å². The van der Waals surface area contributed by atoms with Crippen LogP contribution in [0.25, 0.3) is 0 Å². The zero-order chi connectivity index (χ0) is 18.9. The number of thiol groups is 1. The van der Waals surface area contributed by atoms with Crippen LogP contribution < -0.4 is 5.32 Å². The highest BCUT2D eigenvalue weighted by atomic mass is 32.1. The van der Waals surface area contributed by atoms with Gasteiger partial charge in [-0.25, -0.2) is 0 Å². The van der Waals surface area contributed by atoms with Gasteiger partial charge in [-0.15, -0.1) is 0 Å². The number of benzene rings is 2. The summed E-state index contributed by atoms with van der Waals surface area (Å²) >= 11 is 4.20. The lowest BCUT2D eigenvalue weighted by molar-refractivity contribution is 0.678. The molecule has 0 saturated carbocycles. The molecular formula is C24H31NS. The number of nitrogens with one attached hydrogen (secondary N) is 1. The highest BCUT2D eigenvalue weighted by Gasteiger charge is 2.07. The van der Waals surface area contributed by atoms with E-state index < -0.39 is 0 Å². The molecule has 2 heteroatoms. The van der Waals surface area contributed by atoms with E-state index in [1.807, 2.05) is 0 Å². The number of hydrogen-bond acceptors (Lipinski definition) is 2. The van der Waals surface area contributed by atoms with Gasteiger partial charge in [0, 0.05) is 23.6 Å². The van der Waals surface area contributed by atoms with Crippen LogP contribution in [0.5, 0.6) is 0 Å². The van der Waals surface area contributed by atoms with Gasteiger partial charge in [-0.05, 0) is 47.4 Å². The van der Waals surface area contributed by atoms with Gasteiger partial charge in [-0.2, -0.15) is 12.6 Å². The van der Waals surface area contributed by atoms with E-state index in [0.717, 1.165) is 30.7 Å². The molecule has 2 aromatic rings. The Morgan fingerprint density at radius 3 is 2.35 bits per heavy atom. The molecule has 1 N–H and O–H groups in total. The van der Waals surface area contributed by atoms with Crippen molar-refractivity contribution >= 4 is 12.6 Å². The van der Waals surface area contributed by atoms with E-state index in [-0.39, 0.29) is 0 Å². The Morgan fingerprint density at radius 1 is 1.00 bits per heavy atom. The normalized spacial score (nSPS) is 11.8. The Bertz CT molecular complexity index is 730. The molecule has 2 aromatic carbocycles. The average molecular weight is 366 g/mol. The molecule has 1 nitrogen and oxygen atoms in total. The lowest BCUT2D eigenvalue weighted by Gasteiger charge is -2.14. The van der Waals surface area contributed by atoms with E-state index >= 15 is 0 Å². The minimum absolute atomic E-state index is 0.581. The van der Waals surface area contributed by atoms with Crippen LogP contribution in [-0.2, 0) is 19.3 Å². The quantitative estimate of drug-likeness (QED) is 0.487. The van der Waals surface area contributed by atoms with Crippen LogP contribution in [0, 0.1) is 0 Å². The Labute approximate surface area is 164 Å². The zero-order valence-electron chi connectivity index (χ0n) is 16.1. The highest BCUT2D eigenvalue weighted by molar-refractivity contribution is 7.80. The molecule has 0 aliphatic carbocycles. The standard InChI is InChI=1S/C24H31NS/c1-5-21-7-6-8-24(16-21)18(2)9-10-22-11-13-23(14-12-22)15-19(3)25-20(4)17-26/h6-8,11-14,16,18,25-26H,3-5,9-10,15,17H2,1-2H3. The fourth-order valence-corrected chi connectivity index (χ4v) is 3.15. The maximum Gasteiger partial charge on any atom is 0.0299 e. The molecule has 26 heavy (non-hydrogen) atoms. The van der Waals surface area contributed by atoms with Gasteiger partial charge in [0.15, 0.2) is 0 Å². The minimum Gasteiger partial charge on any atom is -0.362 e. The topological polar surface area (TPSA) is 12.0 Å². The smallest absolute Gasteiger partial charge is 0.0299 e. The summed E-state index contributed by atoms with van der Waals surface area (Å²) in [6, 6.07) is 17.9. The third kappa shape index (κ3) is 6.42. The first-order chi connectivity index (χ1) is 12.5. The first-order valence-corrected chi connectivity index (χ1v) is 10.0. The Morgan fingerprint density at radius 2 is 1.69 bits per heavy atom. The van der Waals surface area contributed by atoms with Crippen molar-refractivity contribution < 1.29 is 0 Å². The third-order valence-corrected chi connectivity index (χ3v) is 5.16. The summed E-state index contributed by atoms with van der Waals surface area (Å²) in [5, 5.41) is 3.19. The molecule has 0 heterocycles. The molecule has 0 radical (unpaired) electrons. The maximum absolute atomic E-state index is 4.20. The Balaban J connectivity index is 1.86. The lowest BCUT2D eigenvalue weighted by atomic mass is 9.92. The van der Waals surface area contributed by atoms with Crippen LogP contribution >= 0.6 is 12.6 Å². The van der Waals surface area contributed by atoms with Gasteiger partial charge in [0.05, 0.1) is 0 Å². The summed E-state index contributed by atoms with van der Waals surface area (Å²) in [7, 11) is 0. The van der Waals surface area contributed by atoms with Crippen molar-refractivity contribution in [1.29, 1.82) is 0 Å². The summed E-state index contributed by atoms with van der Waals surface area (Å²) in [4.78, 5) is 0. The first kappa shape index (κ1) is 20.4. The van der Waals surface area contributed by atoms with Gasteiger partial charge in [-0.3, -0.25) is 0 Å². The molecule has 1 atom stereocenters. The molecule has 0 amide bonds. The largest absolute Gasteiger partial charge is 0.362 e. The van der Waals surface area contributed by atoms with E-state index in [9.17, 15) is 0 Å². The monoisotopic (exact) mass is 365 g/mol. The minimum atomic E-state index is 0.581. The Hall–Kier alpha value is -1.93. The maximum atomic E-state index is 4.20. The molecule has 2 rings (SSSR count). The summed E-state index contributed by atoms with van der Waals surface area (Å²) in [6.07, 6.45) is 4.19. The van der Waals surface area contributed by atoms with Crippen LogP contribution in [-0.4, -0.2) is 5.75 Å². The van der Waals surface area contributed by atoms with Crippen LogP contribution in [0.4, 0.5) is 0 Å². The third-order valence-electron chi connectivity index (χ3n) is 4.78. The second kappa shape index (κ2) is 10.3. The van der Waals surface area contributed by atoms with E-state index in [4.69, 9.17) is 0 Å². The number of rotatable bonds is 10. The second-order valence-corrected chi connectivity index (χ2v) is 7.34. The SMILES string of the molecule is C=C(CS)NC(=C)Cc1ccc(CCC(C)c2cccc(CC)c2)cc1. The van der Waals surface area contributed by atoms with Gasteiger partial charge >= 0.3 is 0 Å². The summed E-state index contributed by atoms with van der Waals surface area (Å²) in [5.74, 6) is 1.20. The van der Waals surface area contributed by atoms with Crippen LogP contribution in [0.15, 0.2) is 73.1 Å². The van der Waals surface area contributed by atoms with Gasteiger partial charge in [0.1, 0.15) is 0 Å². The number of aryl methyl sites for hydroxylation is 2. The van der Waals surface area contributed by atoms with Crippen molar-refractivity contribution in [3.63, 3.8) is 0 Å². The van der Waals surface area contributed by atoms with Crippen molar-refractivity contribution in [2.45, 2.75) is 45.4 Å². The number of hydrogen-bond donors (Lipinski definition) is 2. The summed E-state index contributed by atoms with van der Waals surface area (Å²) in [5.41, 5.74) is 7.38. The van der Waals surface area contributed by atoms with E-state index in [1.165, 1.54) is 28.7 Å². The molecule has 0 spiro atoms. The molecular weight excluding hydrogens is 334 g/mol. The molecule has 0 saturated heterocycles. The van der Waals surface area contributed by atoms with E-state index in [0.29, 0.717) is 11.7 Å². The van der Waals surface area contributed by atoms with E-state index in [1.54, 1.807) is 0 Å². The molecule has 0 bridgehead atoms. The summed E-state index contributed by atoms with van der Waals surface area (Å²) < 4.78 is 0. The molecule has 0 fully saturated rings. The predicted octanol–water partition coefficient (Wildman–Crippen LogP) is 6.07. The van der Waals surface area contributed by atoms with Gasteiger partial charge in [-0.1, -0.05) is 75.5 Å². The van der Waals surface area contributed by atoms with Crippen molar-refractivity contribution in [1.82, 2.24) is 5.32 Å². The zero-order valence-corrected chi connectivity index (χ0v) is 17.0. The van der Waals surface area contributed by atoms with Crippen LogP contribution in [0.2, 0.25) is 0 Å². The van der Waals surface area contributed by atoms with Crippen molar-refractivity contribution in [3.8, 4) is 0 Å². The fraction of sp³-hybridized carbons (Fsp3) is 0.333. The molecule has 0 aromatic heterocycles. The fourth-order valence-electron chi connectivity index (χ4n) is 3.07. The molecule has 0 aliphatic heterocycles. The van der Waals surface area contributed by atoms with Crippen LogP contribution in [0.3, 0.4) is 0 Å². The molecule has 0 aliphatic rings. The van der Waals surface area contributed by atoms with Gasteiger partial charge in [0.2, 0.25) is 0 Å². The first-order valence-electron chi connectivity index (χ1n) is 9.42. The van der Waals surface area contributed by atoms with Crippen molar-refractivity contribution in [2.24, 2.45) is 0 Å². The number of allylic oxidation sites excluding steroid dienone is 1. The lowest BCUT2D eigenvalue weighted by Crippen LogP contribution is -2.13. The molecule has 138 valence electrons. The Kier molecular flexibility index (Phi) is 8.06. The highest BCUT2D eigenvalue weighted by Crippen LogP contribution is 2.22. The summed E-state index contributed by atoms with van der Waals surface area (Å²) in [6.45, 7) is 12.5. The van der Waals surface area contributed by atoms with E-state index in [2.05, 4.69) is 93.5 Å². The average Bonchev–Trinajstić information content (AvgIpc) is 2.67.